The Balaban J connectivity index is 1.21. The van der Waals surface area contributed by atoms with E-state index in [-0.39, 0.29) is 24.8 Å². The third-order valence-corrected chi connectivity index (χ3v) is 8.02. The summed E-state index contributed by atoms with van der Waals surface area (Å²) < 4.78 is 67.2. The van der Waals surface area contributed by atoms with E-state index in [0.29, 0.717) is 39.6 Å². The summed E-state index contributed by atoms with van der Waals surface area (Å²) in [6, 6.07) is 14.0. The molecule has 0 bridgehead atoms. The van der Waals surface area contributed by atoms with Gasteiger partial charge in [-0.25, -0.2) is 14.4 Å². The zero-order valence-electron chi connectivity index (χ0n) is 29.7. The van der Waals surface area contributed by atoms with Gasteiger partial charge in [0.1, 0.15) is 29.2 Å². The van der Waals surface area contributed by atoms with E-state index in [0.717, 1.165) is 37.8 Å². The first-order chi connectivity index (χ1) is 25.2. The van der Waals surface area contributed by atoms with Crippen molar-refractivity contribution in [2.75, 3.05) is 24.4 Å². The molecule has 0 aliphatic heterocycles. The Morgan fingerprint density at radius 1 is 0.868 bits per heavy atom. The van der Waals surface area contributed by atoms with Crippen LogP contribution in [0.4, 0.5) is 34.1 Å². The van der Waals surface area contributed by atoms with Crippen LogP contribution in [0.25, 0.3) is 10.9 Å². The second kappa shape index (κ2) is 16.7. The van der Waals surface area contributed by atoms with Crippen LogP contribution >= 0.6 is 0 Å². The van der Waals surface area contributed by atoms with Gasteiger partial charge in [-0.2, -0.15) is 13.2 Å². The van der Waals surface area contributed by atoms with Gasteiger partial charge in [0.05, 0.1) is 24.8 Å². The number of halogens is 3. The zero-order chi connectivity index (χ0) is 38.2. The number of methoxy groups -OCH3 is 1. The summed E-state index contributed by atoms with van der Waals surface area (Å²) >= 11 is 0. The molecule has 282 valence electrons. The Labute approximate surface area is 304 Å². The highest BCUT2D eigenvalue weighted by Crippen LogP contribution is 2.37. The number of hydrogen-bond acceptors (Lipinski definition) is 9. The fourth-order valence-electron chi connectivity index (χ4n) is 5.50. The maximum atomic E-state index is 13.0. The van der Waals surface area contributed by atoms with Gasteiger partial charge < -0.3 is 39.6 Å². The molecule has 3 aromatic carbocycles. The number of hydrogen-bond donors (Lipinski definition) is 3. The molecule has 0 spiro atoms. The number of aromatic nitrogens is 1. The first-order valence-electron chi connectivity index (χ1n) is 17.0. The van der Waals surface area contributed by atoms with Crippen LogP contribution in [0.5, 0.6) is 23.0 Å². The van der Waals surface area contributed by atoms with E-state index < -0.39 is 41.5 Å². The fourth-order valence-corrected chi connectivity index (χ4v) is 5.50. The molecule has 0 radical (unpaired) electrons. The number of nitrogens with zero attached hydrogens (tertiary/aromatic N) is 1. The lowest BCUT2D eigenvalue weighted by atomic mass is 10.1. The summed E-state index contributed by atoms with van der Waals surface area (Å²) in [7, 11) is 1.48. The number of carbonyl (C=O) groups excluding carboxylic acids is 3. The molecule has 0 unspecified atom stereocenters. The molecular weight excluding hydrogens is 697 g/mol. The number of anilines is 2. The van der Waals surface area contributed by atoms with Crippen molar-refractivity contribution in [1.29, 1.82) is 0 Å². The SMILES string of the molecule is COc1cc2c(Oc3ccc(NC(=O)Nc4ccc(C(F)(F)F)cc4)cc3)ccnc2cc1OCC[C@H](NC(=O)OC(C)(C)C)C(=O)OC1CCCC1. The number of fused-ring (bicyclic) bond motifs is 1. The first kappa shape index (κ1) is 38.5. The lowest BCUT2D eigenvalue weighted by Gasteiger charge is -2.24. The summed E-state index contributed by atoms with van der Waals surface area (Å²) in [5.74, 6) is 1.08. The molecule has 1 fully saturated rings. The number of benzene rings is 3. The van der Waals surface area contributed by atoms with E-state index in [1.165, 1.54) is 19.2 Å². The van der Waals surface area contributed by atoms with E-state index in [4.69, 9.17) is 23.7 Å². The van der Waals surface area contributed by atoms with E-state index in [9.17, 15) is 27.6 Å². The molecule has 3 N–H and O–H groups in total. The van der Waals surface area contributed by atoms with Gasteiger partial charge in [-0.3, -0.25) is 4.98 Å². The standard InChI is InChI=1S/C38H41F3N4O8/c1-37(2,3)53-36(48)45-29(34(46)52-26-7-5-6-8-26)18-20-50-33-22-30-28(21-32(33)49-4)31(17-19-42-30)51-27-15-13-25(14-16-27)44-35(47)43-24-11-9-23(10-12-24)38(39,40)41/h9-17,19,21-22,26,29H,5-8,18,20H2,1-4H3,(H,45,48)(H2,43,44,47)/t29-/m0/s1. The van der Waals surface area contributed by atoms with Crippen molar-refractivity contribution < 1.29 is 51.2 Å². The van der Waals surface area contributed by atoms with E-state index >= 15 is 0 Å². The van der Waals surface area contributed by atoms with E-state index in [1.54, 1.807) is 69.4 Å². The number of carbonyl (C=O) groups is 3. The Kier molecular flexibility index (Phi) is 12.2. The summed E-state index contributed by atoms with van der Waals surface area (Å²) in [6.45, 7) is 5.22. The van der Waals surface area contributed by atoms with Gasteiger partial charge in [-0.15, -0.1) is 0 Å². The number of urea groups is 1. The van der Waals surface area contributed by atoms with Crippen LogP contribution in [-0.4, -0.2) is 54.5 Å². The first-order valence-corrected chi connectivity index (χ1v) is 17.0. The number of amides is 3. The van der Waals surface area contributed by atoms with Crippen LogP contribution < -0.4 is 30.2 Å². The van der Waals surface area contributed by atoms with Gasteiger partial charge in [0.15, 0.2) is 11.5 Å². The normalized spacial score (nSPS) is 13.9. The molecule has 5 rings (SSSR count). The van der Waals surface area contributed by atoms with Crippen LogP contribution in [0.3, 0.4) is 0 Å². The fraction of sp³-hybridized carbons (Fsp3) is 0.368. The molecule has 1 aliphatic carbocycles. The van der Waals surface area contributed by atoms with Crippen molar-refractivity contribution in [1.82, 2.24) is 10.3 Å². The Bertz CT molecular complexity index is 1890. The smallest absolute Gasteiger partial charge is 0.416 e. The van der Waals surface area contributed by atoms with E-state index in [1.807, 2.05) is 0 Å². The van der Waals surface area contributed by atoms with Crippen molar-refractivity contribution in [3.05, 3.63) is 78.5 Å². The number of alkyl halides is 3. The maximum Gasteiger partial charge on any atom is 0.416 e. The topological polar surface area (TPSA) is 146 Å². The van der Waals surface area contributed by atoms with Gasteiger partial charge in [-0.1, -0.05) is 0 Å². The molecule has 1 saturated carbocycles. The Hall–Kier alpha value is -5.73. The minimum absolute atomic E-state index is 0.0288. The number of nitrogens with one attached hydrogen (secondary N) is 3. The molecule has 53 heavy (non-hydrogen) atoms. The molecule has 1 aromatic heterocycles. The van der Waals surface area contributed by atoms with Gasteiger partial charge in [0.25, 0.3) is 0 Å². The monoisotopic (exact) mass is 738 g/mol. The van der Waals surface area contributed by atoms with Crippen molar-refractivity contribution >= 4 is 40.4 Å². The summed E-state index contributed by atoms with van der Waals surface area (Å²) in [5.41, 5.74) is -0.429. The number of rotatable bonds is 12. The van der Waals surface area contributed by atoms with Crippen LogP contribution in [0.1, 0.15) is 58.4 Å². The van der Waals surface area contributed by atoms with E-state index in [2.05, 4.69) is 20.9 Å². The molecule has 12 nitrogen and oxygen atoms in total. The van der Waals surface area contributed by atoms with Crippen molar-refractivity contribution in [2.24, 2.45) is 0 Å². The average Bonchev–Trinajstić information content (AvgIpc) is 3.60. The summed E-state index contributed by atoms with van der Waals surface area (Å²) in [4.78, 5) is 42.4. The molecule has 4 aromatic rings. The minimum atomic E-state index is -4.47. The van der Waals surface area contributed by atoms with Crippen molar-refractivity contribution in [3.63, 3.8) is 0 Å². The second-order valence-electron chi connectivity index (χ2n) is 13.3. The number of ether oxygens (including phenoxy) is 5. The summed E-state index contributed by atoms with van der Waals surface area (Å²) in [6.07, 6.45) is -0.190. The Morgan fingerprint density at radius 2 is 1.51 bits per heavy atom. The van der Waals surface area contributed by atoms with Crippen LogP contribution in [-0.2, 0) is 20.4 Å². The highest BCUT2D eigenvalue weighted by atomic mass is 19.4. The molecule has 3 amide bonds. The number of pyridine rings is 1. The van der Waals surface area contributed by atoms with Crippen molar-refractivity contribution in [2.45, 2.75) is 76.8 Å². The molecule has 1 atom stereocenters. The maximum absolute atomic E-state index is 13.0. The van der Waals surface area contributed by atoms with Crippen LogP contribution in [0.2, 0.25) is 0 Å². The third-order valence-electron chi connectivity index (χ3n) is 8.02. The van der Waals surface area contributed by atoms with Gasteiger partial charge >= 0.3 is 24.3 Å². The third kappa shape index (κ3) is 11.1. The molecule has 0 saturated heterocycles. The molecule has 1 aliphatic rings. The largest absolute Gasteiger partial charge is 0.493 e. The lowest BCUT2D eigenvalue weighted by molar-refractivity contribution is -0.151. The lowest BCUT2D eigenvalue weighted by Crippen LogP contribution is -2.45. The van der Waals surface area contributed by atoms with Gasteiger partial charge in [0.2, 0.25) is 0 Å². The van der Waals surface area contributed by atoms with Gasteiger partial charge in [0, 0.05) is 35.4 Å². The van der Waals surface area contributed by atoms with Gasteiger partial charge in [-0.05, 0) is 107 Å². The minimum Gasteiger partial charge on any atom is -0.493 e. The summed E-state index contributed by atoms with van der Waals surface area (Å²) in [5, 5.41) is 8.34. The highest BCUT2D eigenvalue weighted by molar-refractivity contribution is 5.99. The second-order valence-corrected chi connectivity index (χ2v) is 13.3. The zero-order valence-corrected chi connectivity index (χ0v) is 29.7. The van der Waals surface area contributed by atoms with Crippen molar-refractivity contribution in [3.8, 4) is 23.0 Å². The van der Waals surface area contributed by atoms with Crippen LogP contribution in [0.15, 0.2) is 72.9 Å². The predicted octanol–water partition coefficient (Wildman–Crippen LogP) is 8.85. The Morgan fingerprint density at radius 3 is 2.11 bits per heavy atom. The van der Waals surface area contributed by atoms with Crippen LogP contribution in [0, 0.1) is 0 Å². The predicted molar refractivity (Wildman–Crippen MR) is 191 cm³/mol. The highest BCUT2D eigenvalue weighted by Gasteiger charge is 2.31. The molecule has 15 heteroatoms. The quantitative estimate of drug-likeness (QED) is 0.121. The molecular formula is C38H41F3N4O8. The number of esters is 1. The average molecular weight is 739 g/mol. The molecule has 1 heterocycles. The number of alkyl carbamates (subject to hydrolysis) is 1.